The molecule has 0 aromatic rings. The van der Waals surface area contributed by atoms with Gasteiger partial charge in [-0.25, -0.2) is 0 Å². The molecule has 0 spiro atoms. The summed E-state index contributed by atoms with van der Waals surface area (Å²) in [6, 6.07) is -0.0113. The number of aliphatic hydroxyl groups is 1. The summed E-state index contributed by atoms with van der Waals surface area (Å²) < 4.78 is 0. The first-order chi connectivity index (χ1) is 9.25. The third kappa shape index (κ3) is 4.19. The Kier molecular flexibility index (Phi) is 6.02. The van der Waals surface area contributed by atoms with E-state index in [4.69, 9.17) is 5.73 Å². The normalized spacial score (nSPS) is 29.0. The van der Waals surface area contributed by atoms with Crippen molar-refractivity contribution in [3.63, 3.8) is 0 Å². The minimum atomic E-state index is -0.397. The van der Waals surface area contributed by atoms with Crippen molar-refractivity contribution < 1.29 is 9.90 Å². The monoisotopic (exact) mass is 284 g/mol. The number of carbonyl (C=O) groups excluding carboxylic acids is 1. The molecule has 1 unspecified atom stereocenters. The number of rotatable bonds is 5. The fourth-order valence-electron chi connectivity index (χ4n) is 3.00. The molecule has 0 bridgehead atoms. The molecule has 1 fully saturated rings. The molecule has 118 valence electrons. The minimum absolute atomic E-state index is 0.0113. The van der Waals surface area contributed by atoms with Gasteiger partial charge in [-0.1, -0.05) is 27.7 Å². The lowest BCUT2D eigenvalue weighted by Crippen LogP contribution is -2.53. The number of nitrogens with one attached hydrogen (secondary N) is 1. The molecule has 0 heterocycles. The van der Waals surface area contributed by atoms with Crippen molar-refractivity contribution in [2.75, 3.05) is 13.2 Å². The predicted molar refractivity (Wildman–Crippen MR) is 82.2 cm³/mol. The molecular weight excluding hydrogens is 252 g/mol. The van der Waals surface area contributed by atoms with Crippen LogP contribution >= 0.6 is 0 Å². The molecule has 4 nitrogen and oxygen atoms in total. The van der Waals surface area contributed by atoms with Crippen molar-refractivity contribution >= 4 is 5.91 Å². The number of amides is 1. The van der Waals surface area contributed by atoms with Gasteiger partial charge < -0.3 is 16.2 Å². The fraction of sp³-hybridized carbons (Fsp3) is 0.938. The van der Waals surface area contributed by atoms with Crippen molar-refractivity contribution in [2.45, 2.75) is 65.8 Å². The molecule has 0 radical (unpaired) electrons. The van der Waals surface area contributed by atoms with Gasteiger partial charge in [-0.2, -0.15) is 0 Å². The maximum absolute atomic E-state index is 12.7. The van der Waals surface area contributed by atoms with E-state index in [0.29, 0.717) is 18.9 Å². The first-order valence-electron chi connectivity index (χ1n) is 7.87. The summed E-state index contributed by atoms with van der Waals surface area (Å²) in [6.07, 6.45) is 4.50. The second-order valence-electron chi connectivity index (χ2n) is 7.57. The topological polar surface area (TPSA) is 75.4 Å². The summed E-state index contributed by atoms with van der Waals surface area (Å²) in [7, 11) is 0. The van der Waals surface area contributed by atoms with Crippen molar-refractivity contribution in [3.8, 4) is 0 Å². The molecule has 1 aliphatic carbocycles. The number of hydrogen-bond donors (Lipinski definition) is 3. The molecule has 0 saturated heterocycles. The second kappa shape index (κ2) is 6.90. The van der Waals surface area contributed by atoms with Crippen molar-refractivity contribution in [2.24, 2.45) is 22.5 Å². The van der Waals surface area contributed by atoms with Gasteiger partial charge >= 0.3 is 0 Å². The van der Waals surface area contributed by atoms with E-state index in [-0.39, 0.29) is 24.0 Å². The van der Waals surface area contributed by atoms with Crippen LogP contribution in [0.5, 0.6) is 0 Å². The maximum Gasteiger partial charge on any atom is 0.227 e. The van der Waals surface area contributed by atoms with Crippen molar-refractivity contribution in [1.29, 1.82) is 0 Å². The minimum Gasteiger partial charge on any atom is -0.396 e. The highest BCUT2D eigenvalue weighted by Crippen LogP contribution is 2.38. The predicted octanol–water partition coefficient (Wildman–Crippen LogP) is 2.05. The van der Waals surface area contributed by atoms with Crippen LogP contribution in [0.15, 0.2) is 0 Å². The Morgan fingerprint density at radius 1 is 1.40 bits per heavy atom. The van der Waals surface area contributed by atoms with Gasteiger partial charge in [0.15, 0.2) is 0 Å². The van der Waals surface area contributed by atoms with E-state index in [1.807, 2.05) is 0 Å². The van der Waals surface area contributed by atoms with Gasteiger partial charge in [-0.15, -0.1) is 0 Å². The van der Waals surface area contributed by atoms with Gasteiger partial charge in [0, 0.05) is 19.2 Å². The SMILES string of the molecule is CC1CCC(CN)(C(=O)NC(CCO)C(C)(C)C)CC1. The fourth-order valence-corrected chi connectivity index (χ4v) is 3.00. The van der Waals surface area contributed by atoms with Crippen LogP contribution < -0.4 is 11.1 Å². The number of carbonyl (C=O) groups is 1. The third-order valence-electron chi connectivity index (χ3n) is 4.87. The molecule has 0 aliphatic heterocycles. The van der Waals surface area contributed by atoms with E-state index in [1.165, 1.54) is 0 Å². The van der Waals surface area contributed by atoms with E-state index < -0.39 is 5.41 Å². The zero-order valence-electron chi connectivity index (χ0n) is 13.5. The summed E-state index contributed by atoms with van der Waals surface area (Å²) in [6.45, 7) is 9.02. The Morgan fingerprint density at radius 3 is 2.35 bits per heavy atom. The molecule has 0 aromatic heterocycles. The lowest BCUT2D eigenvalue weighted by atomic mass is 9.70. The lowest BCUT2D eigenvalue weighted by molar-refractivity contribution is -0.134. The zero-order chi connectivity index (χ0) is 15.4. The summed E-state index contributed by atoms with van der Waals surface area (Å²) in [4.78, 5) is 12.7. The van der Waals surface area contributed by atoms with Crippen LogP contribution in [0.4, 0.5) is 0 Å². The van der Waals surface area contributed by atoms with Crippen LogP contribution in [0.1, 0.15) is 59.8 Å². The van der Waals surface area contributed by atoms with Crippen molar-refractivity contribution in [3.05, 3.63) is 0 Å². The third-order valence-corrected chi connectivity index (χ3v) is 4.87. The number of aliphatic hydroxyl groups excluding tert-OH is 1. The molecule has 4 N–H and O–H groups in total. The Morgan fingerprint density at radius 2 is 1.95 bits per heavy atom. The molecule has 1 rings (SSSR count). The lowest BCUT2D eigenvalue weighted by Gasteiger charge is -2.40. The van der Waals surface area contributed by atoms with Crippen LogP contribution in [0, 0.1) is 16.7 Å². The highest BCUT2D eigenvalue weighted by atomic mass is 16.3. The van der Waals surface area contributed by atoms with E-state index in [9.17, 15) is 9.90 Å². The van der Waals surface area contributed by atoms with Gasteiger partial charge in [0.1, 0.15) is 0 Å². The van der Waals surface area contributed by atoms with E-state index in [1.54, 1.807) is 0 Å². The van der Waals surface area contributed by atoms with Crippen LogP contribution in [0.2, 0.25) is 0 Å². The average molecular weight is 284 g/mol. The van der Waals surface area contributed by atoms with Crippen molar-refractivity contribution in [1.82, 2.24) is 5.32 Å². The Hall–Kier alpha value is -0.610. The highest BCUT2D eigenvalue weighted by Gasteiger charge is 2.41. The average Bonchev–Trinajstić information content (AvgIpc) is 2.38. The van der Waals surface area contributed by atoms with Gasteiger partial charge in [0.25, 0.3) is 0 Å². The van der Waals surface area contributed by atoms with Crippen LogP contribution in [-0.4, -0.2) is 30.2 Å². The summed E-state index contributed by atoms with van der Waals surface area (Å²) in [5, 5.41) is 12.4. The summed E-state index contributed by atoms with van der Waals surface area (Å²) in [5.74, 6) is 0.776. The quantitative estimate of drug-likeness (QED) is 0.723. The van der Waals surface area contributed by atoms with Gasteiger partial charge in [0.05, 0.1) is 5.41 Å². The molecule has 4 heteroatoms. The molecule has 20 heavy (non-hydrogen) atoms. The molecule has 1 atom stereocenters. The van der Waals surface area contributed by atoms with E-state index in [2.05, 4.69) is 33.0 Å². The van der Waals surface area contributed by atoms with Gasteiger partial charge in [0.2, 0.25) is 5.91 Å². The largest absolute Gasteiger partial charge is 0.396 e. The maximum atomic E-state index is 12.7. The van der Waals surface area contributed by atoms with E-state index in [0.717, 1.165) is 25.7 Å². The first-order valence-corrected chi connectivity index (χ1v) is 7.87. The Balaban J connectivity index is 2.76. The van der Waals surface area contributed by atoms with E-state index >= 15 is 0 Å². The van der Waals surface area contributed by atoms with Gasteiger partial charge in [-0.05, 0) is 43.4 Å². The smallest absolute Gasteiger partial charge is 0.227 e. The summed E-state index contributed by atoms with van der Waals surface area (Å²) >= 11 is 0. The zero-order valence-corrected chi connectivity index (χ0v) is 13.5. The molecular formula is C16H32N2O2. The van der Waals surface area contributed by atoms with Crippen LogP contribution in [0.3, 0.4) is 0 Å². The molecule has 1 amide bonds. The first kappa shape index (κ1) is 17.4. The second-order valence-corrected chi connectivity index (χ2v) is 7.57. The molecule has 1 saturated carbocycles. The summed E-state index contributed by atoms with van der Waals surface area (Å²) in [5.41, 5.74) is 5.48. The number of nitrogens with two attached hydrogens (primary N) is 1. The molecule has 1 aliphatic rings. The number of hydrogen-bond acceptors (Lipinski definition) is 3. The molecule has 0 aromatic carbocycles. The Labute approximate surface area is 123 Å². The van der Waals surface area contributed by atoms with Crippen LogP contribution in [0.25, 0.3) is 0 Å². The van der Waals surface area contributed by atoms with Crippen LogP contribution in [-0.2, 0) is 4.79 Å². The Bertz CT molecular complexity index is 315. The van der Waals surface area contributed by atoms with Gasteiger partial charge in [-0.3, -0.25) is 4.79 Å². The highest BCUT2D eigenvalue weighted by molar-refractivity contribution is 5.83. The standard InChI is InChI=1S/C16H32N2O2/c1-12-5-8-16(11-17,9-6-12)14(20)18-13(7-10-19)15(2,3)4/h12-13,19H,5-11,17H2,1-4H3,(H,18,20).